The van der Waals surface area contributed by atoms with Gasteiger partial charge in [-0.3, -0.25) is 4.79 Å². The number of nitrogens with two attached hydrogens (primary N) is 1. The van der Waals surface area contributed by atoms with E-state index in [0.29, 0.717) is 5.56 Å². The number of benzene rings is 1. The zero-order chi connectivity index (χ0) is 9.42. The Morgan fingerprint density at radius 2 is 2.15 bits per heavy atom. The Morgan fingerprint density at radius 3 is 2.85 bits per heavy atom. The molecule has 1 aromatic carbocycles. The summed E-state index contributed by atoms with van der Waals surface area (Å²) in [7, 11) is 0. The van der Waals surface area contributed by atoms with E-state index in [1.807, 2.05) is 25.1 Å². The topological polar surface area (TPSA) is 43.1 Å². The molecule has 0 saturated carbocycles. The van der Waals surface area contributed by atoms with Gasteiger partial charge >= 0.3 is 0 Å². The third-order valence-electron chi connectivity index (χ3n) is 1.98. The number of aldehydes is 1. The van der Waals surface area contributed by atoms with Crippen molar-refractivity contribution in [2.24, 2.45) is 0 Å². The van der Waals surface area contributed by atoms with E-state index in [0.717, 1.165) is 22.2 Å². The molecule has 0 aliphatic heterocycles. The van der Waals surface area contributed by atoms with E-state index in [1.165, 1.54) is 4.70 Å². The van der Waals surface area contributed by atoms with Gasteiger partial charge in [0, 0.05) is 10.3 Å². The van der Waals surface area contributed by atoms with Crippen LogP contribution in [0.1, 0.15) is 15.9 Å². The summed E-state index contributed by atoms with van der Waals surface area (Å²) >= 11 is 1.56. The molecule has 0 aliphatic rings. The van der Waals surface area contributed by atoms with Gasteiger partial charge < -0.3 is 5.73 Å². The van der Waals surface area contributed by atoms with E-state index in [2.05, 4.69) is 0 Å². The lowest BCUT2D eigenvalue weighted by atomic mass is 10.1. The first-order chi connectivity index (χ1) is 6.20. The van der Waals surface area contributed by atoms with E-state index in [1.54, 1.807) is 11.3 Å². The molecule has 0 amide bonds. The fourth-order valence-corrected chi connectivity index (χ4v) is 2.32. The third-order valence-corrected chi connectivity index (χ3v) is 3.09. The maximum absolute atomic E-state index is 10.6. The number of carbonyl (C=O) groups excluding carboxylic acids is 1. The van der Waals surface area contributed by atoms with Gasteiger partial charge in [0.2, 0.25) is 0 Å². The molecular weight excluding hydrogens is 182 g/mol. The summed E-state index contributed by atoms with van der Waals surface area (Å²) in [4.78, 5) is 10.6. The maximum atomic E-state index is 10.6. The molecule has 1 aromatic heterocycles. The number of hydrogen-bond acceptors (Lipinski definition) is 3. The van der Waals surface area contributed by atoms with Crippen LogP contribution in [-0.4, -0.2) is 6.29 Å². The molecule has 0 radical (unpaired) electrons. The minimum Gasteiger partial charge on any atom is -0.391 e. The minimum absolute atomic E-state index is 0.711. The van der Waals surface area contributed by atoms with Crippen molar-refractivity contribution in [2.75, 3.05) is 5.73 Å². The highest BCUT2D eigenvalue weighted by Crippen LogP contribution is 2.30. The van der Waals surface area contributed by atoms with Gasteiger partial charge in [-0.05, 0) is 36.1 Å². The molecule has 2 nitrogen and oxygen atoms in total. The molecule has 13 heavy (non-hydrogen) atoms. The second kappa shape index (κ2) is 2.85. The first-order valence-corrected chi connectivity index (χ1v) is 4.77. The van der Waals surface area contributed by atoms with Crippen LogP contribution in [0.3, 0.4) is 0 Å². The zero-order valence-corrected chi connectivity index (χ0v) is 8.02. The molecule has 2 rings (SSSR count). The molecule has 3 heteroatoms. The highest BCUT2D eigenvalue weighted by atomic mass is 32.1. The van der Waals surface area contributed by atoms with Gasteiger partial charge in [0.1, 0.15) is 6.29 Å². The van der Waals surface area contributed by atoms with Crippen LogP contribution in [0.2, 0.25) is 0 Å². The quantitative estimate of drug-likeness (QED) is 0.704. The summed E-state index contributed by atoms with van der Waals surface area (Å²) < 4.78 is 1.17. The SMILES string of the molecule is Cc1cc(C=O)cc2cc(N)sc12. The predicted octanol–water partition coefficient (Wildman–Crippen LogP) is 2.60. The summed E-state index contributed by atoms with van der Waals surface area (Å²) in [6.45, 7) is 1.99. The molecule has 0 saturated heterocycles. The Labute approximate surface area is 80.0 Å². The number of hydrogen-bond donors (Lipinski definition) is 1. The predicted molar refractivity (Wildman–Crippen MR) is 56.4 cm³/mol. The largest absolute Gasteiger partial charge is 0.391 e. The van der Waals surface area contributed by atoms with Crippen molar-refractivity contribution in [3.05, 3.63) is 29.3 Å². The lowest BCUT2D eigenvalue weighted by Crippen LogP contribution is -1.80. The number of anilines is 1. The van der Waals surface area contributed by atoms with Crippen LogP contribution in [0, 0.1) is 6.92 Å². The van der Waals surface area contributed by atoms with Crippen LogP contribution in [-0.2, 0) is 0 Å². The highest BCUT2D eigenvalue weighted by molar-refractivity contribution is 7.22. The average Bonchev–Trinajstić information content (AvgIpc) is 2.46. The molecule has 0 unspecified atom stereocenters. The maximum Gasteiger partial charge on any atom is 0.150 e. The van der Waals surface area contributed by atoms with Crippen LogP contribution in [0.15, 0.2) is 18.2 Å². The number of carbonyl (C=O) groups is 1. The van der Waals surface area contributed by atoms with Crippen molar-refractivity contribution in [3.63, 3.8) is 0 Å². The Hall–Kier alpha value is -1.35. The Balaban J connectivity index is 2.82. The third kappa shape index (κ3) is 1.31. The number of fused-ring (bicyclic) bond motifs is 1. The minimum atomic E-state index is 0.711. The molecule has 1 heterocycles. The fraction of sp³-hybridized carbons (Fsp3) is 0.100. The van der Waals surface area contributed by atoms with Crippen molar-refractivity contribution >= 4 is 32.7 Å². The first-order valence-electron chi connectivity index (χ1n) is 3.95. The molecule has 0 spiro atoms. The van der Waals surface area contributed by atoms with Gasteiger partial charge in [0.05, 0.1) is 5.00 Å². The van der Waals surface area contributed by atoms with Crippen molar-refractivity contribution in [3.8, 4) is 0 Å². The number of nitrogen functional groups attached to an aromatic ring is 1. The first kappa shape index (κ1) is 8.26. The van der Waals surface area contributed by atoms with Crippen molar-refractivity contribution < 1.29 is 4.79 Å². The van der Waals surface area contributed by atoms with Gasteiger partial charge in [0.15, 0.2) is 0 Å². The monoisotopic (exact) mass is 191 g/mol. The van der Waals surface area contributed by atoms with Gasteiger partial charge in [0.25, 0.3) is 0 Å². The van der Waals surface area contributed by atoms with E-state index in [-0.39, 0.29) is 0 Å². The lowest BCUT2D eigenvalue weighted by Gasteiger charge is -1.96. The van der Waals surface area contributed by atoms with Gasteiger partial charge in [-0.25, -0.2) is 0 Å². The molecule has 66 valence electrons. The van der Waals surface area contributed by atoms with Gasteiger partial charge in [-0.15, -0.1) is 11.3 Å². The lowest BCUT2D eigenvalue weighted by molar-refractivity contribution is 0.112. The summed E-state index contributed by atoms with van der Waals surface area (Å²) in [5.74, 6) is 0. The standard InChI is InChI=1S/C10H9NOS/c1-6-2-7(5-12)3-8-4-9(11)13-10(6)8/h2-5H,11H2,1H3. The number of thiophene rings is 1. The van der Waals surface area contributed by atoms with Crippen LogP contribution >= 0.6 is 11.3 Å². The highest BCUT2D eigenvalue weighted by Gasteiger charge is 2.03. The molecule has 0 bridgehead atoms. The summed E-state index contributed by atoms with van der Waals surface area (Å²) in [5, 5.41) is 1.85. The zero-order valence-electron chi connectivity index (χ0n) is 7.20. The average molecular weight is 191 g/mol. The van der Waals surface area contributed by atoms with Crippen molar-refractivity contribution in [1.82, 2.24) is 0 Å². The van der Waals surface area contributed by atoms with E-state index >= 15 is 0 Å². The molecule has 0 fully saturated rings. The normalized spacial score (nSPS) is 10.5. The van der Waals surface area contributed by atoms with Gasteiger partial charge in [-0.2, -0.15) is 0 Å². The second-order valence-electron chi connectivity index (χ2n) is 3.02. The Morgan fingerprint density at radius 1 is 1.38 bits per heavy atom. The molecule has 2 aromatic rings. The van der Waals surface area contributed by atoms with Gasteiger partial charge in [-0.1, -0.05) is 0 Å². The summed E-state index contributed by atoms with van der Waals surface area (Å²) in [6.07, 6.45) is 0.861. The van der Waals surface area contributed by atoms with Crippen LogP contribution in [0.25, 0.3) is 10.1 Å². The van der Waals surface area contributed by atoms with Crippen LogP contribution in [0.5, 0.6) is 0 Å². The molecular formula is C10H9NOS. The van der Waals surface area contributed by atoms with E-state index < -0.39 is 0 Å². The number of rotatable bonds is 1. The molecule has 0 atom stereocenters. The number of aryl methyl sites for hydroxylation is 1. The van der Waals surface area contributed by atoms with E-state index in [9.17, 15) is 4.79 Å². The van der Waals surface area contributed by atoms with Crippen molar-refractivity contribution in [1.29, 1.82) is 0 Å². The van der Waals surface area contributed by atoms with E-state index in [4.69, 9.17) is 5.73 Å². The summed E-state index contributed by atoms with van der Waals surface area (Å²) in [5.41, 5.74) is 7.50. The smallest absolute Gasteiger partial charge is 0.150 e. The van der Waals surface area contributed by atoms with Crippen molar-refractivity contribution in [2.45, 2.75) is 6.92 Å². The second-order valence-corrected chi connectivity index (χ2v) is 4.11. The Kier molecular flexibility index (Phi) is 1.81. The Bertz CT molecular complexity index is 473. The fourth-order valence-electron chi connectivity index (χ4n) is 1.45. The van der Waals surface area contributed by atoms with Crippen LogP contribution in [0.4, 0.5) is 5.00 Å². The molecule has 0 aliphatic carbocycles. The summed E-state index contributed by atoms with van der Waals surface area (Å²) in [6, 6.07) is 5.65. The van der Waals surface area contributed by atoms with Crippen LogP contribution < -0.4 is 5.73 Å². The molecule has 2 N–H and O–H groups in total.